The Morgan fingerprint density at radius 2 is 1.77 bits per heavy atom. The predicted molar refractivity (Wildman–Crippen MR) is 92.4 cm³/mol. The molecule has 2 aromatic carbocycles. The smallest absolute Gasteiger partial charge is 0.243 e. The lowest BCUT2D eigenvalue weighted by molar-refractivity contribution is -0.116. The molecule has 1 amide bonds. The van der Waals surface area contributed by atoms with E-state index < -0.39 is 39.0 Å². The van der Waals surface area contributed by atoms with E-state index in [1.807, 2.05) is 0 Å². The first-order chi connectivity index (χ1) is 12.3. The fraction of sp³-hybridized carbons (Fsp3) is 0.235. The van der Waals surface area contributed by atoms with E-state index in [-0.39, 0.29) is 6.54 Å². The SMILES string of the molecule is CCN(CC(=O)Nc1ccc(OC)cc1)S(=O)(=O)c1ccc(F)c(F)c1. The van der Waals surface area contributed by atoms with E-state index in [0.717, 1.165) is 16.4 Å². The van der Waals surface area contributed by atoms with Crippen LogP contribution >= 0.6 is 0 Å². The van der Waals surface area contributed by atoms with Gasteiger partial charge in [0.25, 0.3) is 0 Å². The molecule has 2 rings (SSSR count). The third-order valence-electron chi connectivity index (χ3n) is 3.58. The molecule has 0 fully saturated rings. The number of hydrogen-bond acceptors (Lipinski definition) is 4. The predicted octanol–water partition coefficient (Wildman–Crippen LogP) is 2.62. The van der Waals surface area contributed by atoms with Gasteiger partial charge in [0, 0.05) is 12.2 Å². The lowest BCUT2D eigenvalue weighted by atomic mass is 10.3. The van der Waals surface area contributed by atoms with Gasteiger partial charge in [-0.2, -0.15) is 4.31 Å². The van der Waals surface area contributed by atoms with Crippen LogP contribution in [0.1, 0.15) is 6.92 Å². The molecule has 6 nitrogen and oxygen atoms in total. The summed E-state index contributed by atoms with van der Waals surface area (Å²) in [5, 5.41) is 2.57. The molecule has 0 saturated heterocycles. The molecule has 0 bridgehead atoms. The second kappa shape index (κ2) is 8.24. The molecule has 0 aliphatic rings. The van der Waals surface area contributed by atoms with E-state index in [2.05, 4.69) is 5.32 Å². The van der Waals surface area contributed by atoms with Crippen LogP contribution in [0.5, 0.6) is 5.75 Å². The highest BCUT2D eigenvalue weighted by Gasteiger charge is 2.26. The van der Waals surface area contributed by atoms with Crippen LogP contribution in [0.3, 0.4) is 0 Å². The summed E-state index contributed by atoms with van der Waals surface area (Å²) in [6.45, 7) is 1.05. The zero-order valence-corrected chi connectivity index (χ0v) is 15.0. The topological polar surface area (TPSA) is 75.7 Å². The maximum Gasteiger partial charge on any atom is 0.243 e. The number of carbonyl (C=O) groups is 1. The highest BCUT2D eigenvalue weighted by molar-refractivity contribution is 7.89. The zero-order chi connectivity index (χ0) is 19.3. The lowest BCUT2D eigenvalue weighted by Crippen LogP contribution is -2.37. The zero-order valence-electron chi connectivity index (χ0n) is 14.2. The largest absolute Gasteiger partial charge is 0.497 e. The van der Waals surface area contributed by atoms with Crippen LogP contribution < -0.4 is 10.1 Å². The van der Waals surface area contributed by atoms with E-state index in [1.165, 1.54) is 14.0 Å². The average molecular weight is 384 g/mol. The van der Waals surface area contributed by atoms with Gasteiger partial charge in [0.2, 0.25) is 15.9 Å². The monoisotopic (exact) mass is 384 g/mol. The minimum atomic E-state index is -4.14. The van der Waals surface area contributed by atoms with Crippen molar-refractivity contribution in [3.05, 3.63) is 54.1 Å². The molecule has 26 heavy (non-hydrogen) atoms. The molecule has 9 heteroatoms. The van der Waals surface area contributed by atoms with Gasteiger partial charge in [-0.05, 0) is 42.5 Å². The van der Waals surface area contributed by atoms with Gasteiger partial charge in [-0.25, -0.2) is 17.2 Å². The van der Waals surface area contributed by atoms with E-state index in [4.69, 9.17) is 4.74 Å². The van der Waals surface area contributed by atoms with Gasteiger partial charge >= 0.3 is 0 Å². The normalized spacial score (nSPS) is 11.4. The number of halogens is 2. The number of likely N-dealkylation sites (N-methyl/N-ethyl adjacent to an activating group) is 1. The molecule has 2 aromatic rings. The quantitative estimate of drug-likeness (QED) is 0.796. The van der Waals surface area contributed by atoms with Crippen molar-refractivity contribution in [1.29, 1.82) is 0 Å². The minimum Gasteiger partial charge on any atom is -0.497 e. The number of amides is 1. The standard InChI is InChI=1S/C17H18F2N2O4S/c1-3-21(26(23,24)14-8-9-15(18)16(19)10-14)11-17(22)20-12-4-6-13(25-2)7-5-12/h4-10H,3,11H2,1-2H3,(H,20,22). The van der Waals surface area contributed by atoms with Crippen LogP contribution in [0.2, 0.25) is 0 Å². The number of sulfonamides is 1. The van der Waals surface area contributed by atoms with Crippen LogP contribution in [0, 0.1) is 11.6 Å². The molecule has 140 valence electrons. The second-order valence-corrected chi connectivity index (χ2v) is 7.22. The number of hydrogen-bond donors (Lipinski definition) is 1. The summed E-state index contributed by atoms with van der Waals surface area (Å²) < 4.78 is 57.3. The van der Waals surface area contributed by atoms with Gasteiger partial charge in [0.05, 0.1) is 18.6 Å². The molecule has 0 heterocycles. The first-order valence-corrected chi connectivity index (χ1v) is 9.11. The Balaban J connectivity index is 2.13. The van der Waals surface area contributed by atoms with Crippen molar-refractivity contribution in [3.8, 4) is 5.75 Å². The molecule has 0 aliphatic carbocycles. The Morgan fingerprint density at radius 1 is 1.12 bits per heavy atom. The van der Waals surface area contributed by atoms with Gasteiger partial charge < -0.3 is 10.1 Å². The molecule has 1 N–H and O–H groups in total. The number of ether oxygens (including phenoxy) is 1. The summed E-state index contributed by atoms with van der Waals surface area (Å²) in [7, 11) is -2.63. The number of nitrogens with one attached hydrogen (secondary N) is 1. The Hall–Kier alpha value is -2.52. The minimum absolute atomic E-state index is 0.0165. The Bertz CT molecular complexity index is 886. The average Bonchev–Trinajstić information content (AvgIpc) is 2.62. The molecule has 0 aromatic heterocycles. The van der Waals surface area contributed by atoms with Crippen molar-refractivity contribution >= 4 is 21.6 Å². The number of methoxy groups -OCH3 is 1. The van der Waals surface area contributed by atoms with Gasteiger partial charge in [0.15, 0.2) is 11.6 Å². The van der Waals surface area contributed by atoms with Crippen LogP contribution in [-0.2, 0) is 14.8 Å². The third kappa shape index (κ3) is 4.55. The first-order valence-electron chi connectivity index (χ1n) is 7.67. The molecule has 0 atom stereocenters. The third-order valence-corrected chi connectivity index (χ3v) is 5.49. The number of rotatable bonds is 7. The molecule has 0 radical (unpaired) electrons. The van der Waals surface area contributed by atoms with Crippen molar-refractivity contribution in [2.45, 2.75) is 11.8 Å². The Morgan fingerprint density at radius 3 is 2.31 bits per heavy atom. The number of nitrogens with zero attached hydrogens (tertiary/aromatic N) is 1. The Labute approximate surface area is 150 Å². The summed E-state index contributed by atoms with van der Waals surface area (Å²) in [6, 6.07) is 8.78. The number of anilines is 1. The highest BCUT2D eigenvalue weighted by atomic mass is 32.2. The summed E-state index contributed by atoms with van der Waals surface area (Å²) in [5.74, 6) is -2.38. The fourth-order valence-corrected chi connectivity index (χ4v) is 3.61. The molecule has 0 spiro atoms. The highest BCUT2D eigenvalue weighted by Crippen LogP contribution is 2.19. The molecule has 0 aliphatic heterocycles. The first kappa shape index (κ1) is 19.8. The van der Waals surface area contributed by atoms with Crippen molar-refractivity contribution in [1.82, 2.24) is 4.31 Å². The molecule has 0 unspecified atom stereocenters. The Kier molecular flexibility index (Phi) is 6.27. The van der Waals surface area contributed by atoms with E-state index in [1.54, 1.807) is 24.3 Å². The molecule has 0 saturated carbocycles. The summed E-state index contributed by atoms with van der Waals surface area (Å²) in [5.41, 5.74) is 0.470. The summed E-state index contributed by atoms with van der Waals surface area (Å²) >= 11 is 0. The van der Waals surface area contributed by atoms with Crippen molar-refractivity contribution in [3.63, 3.8) is 0 Å². The fourth-order valence-electron chi connectivity index (χ4n) is 2.19. The van der Waals surface area contributed by atoms with E-state index in [0.29, 0.717) is 17.5 Å². The maximum atomic E-state index is 13.3. The van der Waals surface area contributed by atoms with Crippen LogP contribution in [-0.4, -0.2) is 38.8 Å². The summed E-state index contributed by atoms with van der Waals surface area (Å²) in [6.07, 6.45) is 0. The van der Waals surface area contributed by atoms with Crippen molar-refractivity contribution < 1.29 is 26.7 Å². The number of carbonyl (C=O) groups excluding carboxylic acids is 1. The van der Waals surface area contributed by atoms with Crippen LogP contribution in [0.25, 0.3) is 0 Å². The lowest BCUT2D eigenvalue weighted by Gasteiger charge is -2.20. The van der Waals surface area contributed by atoms with Gasteiger partial charge in [0.1, 0.15) is 5.75 Å². The summed E-state index contributed by atoms with van der Waals surface area (Å²) in [4.78, 5) is 11.7. The number of benzene rings is 2. The second-order valence-electron chi connectivity index (χ2n) is 5.28. The van der Waals surface area contributed by atoms with Crippen molar-refractivity contribution in [2.24, 2.45) is 0 Å². The van der Waals surface area contributed by atoms with E-state index in [9.17, 15) is 22.0 Å². The van der Waals surface area contributed by atoms with Gasteiger partial charge in [-0.15, -0.1) is 0 Å². The molecular weight excluding hydrogens is 366 g/mol. The van der Waals surface area contributed by atoms with Crippen LogP contribution in [0.15, 0.2) is 47.4 Å². The van der Waals surface area contributed by atoms with Crippen molar-refractivity contribution in [2.75, 3.05) is 25.5 Å². The van der Waals surface area contributed by atoms with Gasteiger partial charge in [-0.1, -0.05) is 6.92 Å². The van der Waals surface area contributed by atoms with Gasteiger partial charge in [-0.3, -0.25) is 4.79 Å². The molecular formula is C17H18F2N2O4S. The maximum absolute atomic E-state index is 13.3. The van der Waals surface area contributed by atoms with Crippen LogP contribution in [0.4, 0.5) is 14.5 Å². The van der Waals surface area contributed by atoms with E-state index >= 15 is 0 Å².